The van der Waals surface area contributed by atoms with Crippen molar-refractivity contribution in [3.05, 3.63) is 43.2 Å². The zero-order valence-electron chi connectivity index (χ0n) is 9.07. The maximum absolute atomic E-state index is 3.50. The Labute approximate surface area is 113 Å². The summed E-state index contributed by atoms with van der Waals surface area (Å²) in [7, 11) is 0. The molecule has 0 aromatic carbocycles. The van der Waals surface area contributed by atoms with Gasteiger partial charge in [0.05, 0.1) is 3.79 Å². The Hall–Kier alpha value is -0.160. The van der Waals surface area contributed by atoms with Crippen molar-refractivity contribution < 1.29 is 0 Å². The zero-order valence-corrected chi connectivity index (χ0v) is 12.3. The third-order valence-electron chi connectivity index (χ3n) is 2.41. The van der Waals surface area contributed by atoms with Gasteiger partial charge in [0, 0.05) is 28.8 Å². The highest BCUT2D eigenvalue weighted by Crippen LogP contribution is 2.22. The van der Waals surface area contributed by atoms with Crippen molar-refractivity contribution in [1.82, 2.24) is 5.32 Å². The average molecular weight is 316 g/mol. The lowest BCUT2D eigenvalue weighted by Gasteiger charge is -2.09. The molecule has 0 aliphatic rings. The van der Waals surface area contributed by atoms with Crippen molar-refractivity contribution in [2.24, 2.45) is 0 Å². The van der Waals surface area contributed by atoms with Gasteiger partial charge in [0.1, 0.15) is 0 Å². The Morgan fingerprint density at radius 1 is 1.38 bits per heavy atom. The molecule has 2 aromatic heterocycles. The maximum atomic E-state index is 3.50. The zero-order chi connectivity index (χ0) is 11.4. The van der Waals surface area contributed by atoms with Crippen LogP contribution in [0.2, 0.25) is 0 Å². The monoisotopic (exact) mass is 315 g/mol. The smallest absolute Gasteiger partial charge is 0.0701 e. The summed E-state index contributed by atoms with van der Waals surface area (Å²) in [5, 5.41) is 5.64. The van der Waals surface area contributed by atoms with E-state index in [1.807, 2.05) is 11.3 Å². The van der Waals surface area contributed by atoms with Gasteiger partial charge in [-0.05, 0) is 39.5 Å². The highest BCUT2D eigenvalue weighted by atomic mass is 79.9. The maximum Gasteiger partial charge on any atom is 0.0701 e. The van der Waals surface area contributed by atoms with Gasteiger partial charge in [0.2, 0.25) is 0 Å². The SMILES string of the molecule is CC(CNCc1ccc(Br)s1)c1cccs1. The van der Waals surface area contributed by atoms with Crippen molar-refractivity contribution in [3.63, 3.8) is 0 Å². The summed E-state index contributed by atoms with van der Waals surface area (Å²) in [6.45, 7) is 4.27. The lowest BCUT2D eigenvalue weighted by Crippen LogP contribution is -2.18. The molecule has 0 spiro atoms. The minimum atomic E-state index is 0.600. The van der Waals surface area contributed by atoms with Crippen LogP contribution in [0.5, 0.6) is 0 Å². The third-order valence-corrected chi connectivity index (χ3v) is 5.13. The quantitative estimate of drug-likeness (QED) is 0.858. The van der Waals surface area contributed by atoms with E-state index in [1.54, 1.807) is 11.3 Å². The molecule has 1 unspecified atom stereocenters. The number of halogens is 1. The van der Waals surface area contributed by atoms with Crippen LogP contribution in [0.3, 0.4) is 0 Å². The van der Waals surface area contributed by atoms with E-state index < -0.39 is 0 Å². The first kappa shape index (κ1) is 12.3. The van der Waals surface area contributed by atoms with Gasteiger partial charge in [-0.3, -0.25) is 0 Å². The minimum Gasteiger partial charge on any atom is -0.311 e. The van der Waals surface area contributed by atoms with Crippen LogP contribution in [-0.2, 0) is 6.54 Å². The average Bonchev–Trinajstić information content (AvgIpc) is 2.89. The van der Waals surface area contributed by atoms with Crippen molar-refractivity contribution in [1.29, 1.82) is 0 Å². The molecule has 0 fully saturated rings. The first-order valence-electron chi connectivity index (χ1n) is 5.24. The van der Waals surface area contributed by atoms with Crippen LogP contribution >= 0.6 is 38.6 Å². The van der Waals surface area contributed by atoms with E-state index in [9.17, 15) is 0 Å². The fourth-order valence-corrected chi connectivity index (χ4v) is 3.77. The molecule has 86 valence electrons. The normalized spacial score (nSPS) is 12.9. The van der Waals surface area contributed by atoms with Crippen molar-refractivity contribution in [3.8, 4) is 0 Å². The van der Waals surface area contributed by atoms with E-state index in [-0.39, 0.29) is 0 Å². The molecular weight excluding hydrogens is 302 g/mol. The topological polar surface area (TPSA) is 12.0 Å². The van der Waals surface area contributed by atoms with E-state index in [1.165, 1.54) is 13.5 Å². The van der Waals surface area contributed by atoms with Crippen molar-refractivity contribution >= 4 is 38.6 Å². The van der Waals surface area contributed by atoms with Gasteiger partial charge in [0.15, 0.2) is 0 Å². The second-order valence-corrected chi connectivity index (χ2v) is 7.28. The number of nitrogens with one attached hydrogen (secondary N) is 1. The summed E-state index contributed by atoms with van der Waals surface area (Å²) in [5.74, 6) is 0.600. The summed E-state index contributed by atoms with van der Waals surface area (Å²) in [5.41, 5.74) is 0. The summed E-state index contributed by atoms with van der Waals surface area (Å²) in [4.78, 5) is 2.84. The number of hydrogen-bond donors (Lipinski definition) is 1. The van der Waals surface area contributed by atoms with Gasteiger partial charge < -0.3 is 5.32 Å². The minimum absolute atomic E-state index is 0.600. The summed E-state index contributed by atoms with van der Waals surface area (Å²) in [6, 6.07) is 8.59. The van der Waals surface area contributed by atoms with Crippen LogP contribution in [0.15, 0.2) is 33.4 Å². The van der Waals surface area contributed by atoms with Crippen LogP contribution in [0.1, 0.15) is 22.6 Å². The molecule has 2 aromatic rings. The van der Waals surface area contributed by atoms with E-state index in [4.69, 9.17) is 0 Å². The largest absolute Gasteiger partial charge is 0.311 e. The number of thiophene rings is 2. The Balaban J connectivity index is 1.76. The lowest BCUT2D eigenvalue weighted by atomic mass is 10.1. The van der Waals surface area contributed by atoms with Gasteiger partial charge >= 0.3 is 0 Å². The second-order valence-electron chi connectivity index (χ2n) is 3.75. The molecule has 2 rings (SSSR count). The van der Waals surface area contributed by atoms with Gasteiger partial charge in [-0.2, -0.15) is 0 Å². The molecule has 1 atom stereocenters. The van der Waals surface area contributed by atoms with Gasteiger partial charge in [-0.25, -0.2) is 0 Å². The van der Waals surface area contributed by atoms with Crippen LogP contribution in [-0.4, -0.2) is 6.54 Å². The van der Waals surface area contributed by atoms with E-state index in [0.29, 0.717) is 5.92 Å². The number of hydrogen-bond acceptors (Lipinski definition) is 3. The standard InChI is InChI=1S/C12H14BrNS2/c1-9(11-3-2-6-15-11)7-14-8-10-4-5-12(13)16-10/h2-6,9,14H,7-8H2,1H3. The van der Waals surface area contributed by atoms with Crippen LogP contribution in [0, 0.1) is 0 Å². The first-order valence-corrected chi connectivity index (χ1v) is 7.73. The highest BCUT2D eigenvalue weighted by Gasteiger charge is 2.05. The first-order chi connectivity index (χ1) is 7.75. The van der Waals surface area contributed by atoms with E-state index in [0.717, 1.165) is 13.1 Å². The summed E-state index contributed by atoms with van der Waals surface area (Å²) >= 11 is 7.11. The fraction of sp³-hybridized carbons (Fsp3) is 0.333. The molecule has 0 aliphatic carbocycles. The molecule has 0 bridgehead atoms. The fourth-order valence-electron chi connectivity index (χ4n) is 1.53. The molecule has 0 radical (unpaired) electrons. The Morgan fingerprint density at radius 3 is 2.88 bits per heavy atom. The molecule has 0 saturated heterocycles. The van der Waals surface area contributed by atoms with Gasteiger partial charge in [-0.1, -0.05) is 13.0 Å². The molecule has 1 nitrogen and oxygen atoms in total. The molecule has 0 saturated carbocycles. The van der Waals surface area contributed by atoms with Crippen LogP contribution in [0.4, 0.5) is 0 Å². The Kier molecular flexibility index (Phi) is 4.58. The van der Waals surface area contributed by atoms with E-state index >= 15 is 0 Å². The van der Waals surface area contributed by atoms with Gasteiger partial charge in [0.25, 0.3) is 0 Å². The molecular formula is C12H14BrNS2. The molecule has 0 amide bonds. The predicted molar refractivity (Wildman–Crippen MR) is 76.5 cm³/mol. The van der Waals surface area contributed by atoms with Crippen LogP contribution < -0.4 is 5.32 Å². The Bertz CT molecular complexity index is 422. The molecule has 2 heterocycles. The number of rotatable bonds is 5. The van der Waals surface area contributed by atoms with Crippen molar-refractivity contribution in [2.45, 2.75) is 19.4 Å². The molecule has 0 aliphatic heterocycles. The molecule has 4 heteroatoms. The third kappa shape index (κ3) is 3.42. The second kappa shape index (κ2) is 5.96. The van der Waals surface area contributed by atoms with Crippen molar-refractivity contribution in [2.75, 3.05) is 6.54 Å². The molecule has 1 N–H and O–H groups in total. The predicted octanol–water partition coefficient (Wildman–Crippen LogP) is 4.47. The molecule has 16 heavy (non-hydrogen) atoms. The van der Waals surface area contributed by atoms with Crippen LogP contribution in [0.25, 0.3) is 0 Å². The van der Waals surface area contributed by atoms with Gasteiger partial charge in [-0.15, -0.1) is 22.7 Å². The van der Waals surface area contributed by atoms with E-state index in [2.05, 4.69) is 57.8 Å². The summed E-state index contributed by atoms with van der Waals surface area (Å²) in [6.07, 6.45) is 0. The Morgan fingerprint density at radius 2 is 2.25 bits per heavy atom. The summed E-state index contributed by atoms with van der Waals surface area (Å²) < 4.78 is 1.20. The highest BCUT2D eigenvalue weighted by molar-refractivity contribution is 9.11. The lowest BCUT2D eigenvalue weighted by molar-refractivity contribution is 0.625.